The van der Waals surface area contributed by atoms with E-state index in [0.717, 1.165) is 0 Å². The molecule has 0 saturated carbocycles. The van der Waals surface area contributed by atoms with Crippen molar-refractivity contribution in [2.45, 2.75) is 43.9 Å². The normalized spacial score (nSPS) is 15.2. The third-order valence-corrected chi connectivity index (χ3v) is 5.01. The van der Waals surface area contributed by atoms with Crippen molar-refractivity contribution in [3.63, 3.8) is 0 Å². The van der Waals surface area contributed by atoms with Crippen LogP contribution in [0.1, 0.15) is 47.7 Å². The summed E-state index contributed by atoms with van der Waals surface area (Å²) in [6, 6.07) is 11.5. The number of hydrogen-bond donors (Lipinski definition) is 0. The highest BCUT2D eigenvalue weighted by molar-refractivity contribution is 9.09. The summed E-state index contributed by atoms with van der Waals surface area (Å²) in [4.78, 5) is 0.502. The van der Waals surface area contributed by atoms with Gasteiger partial charge in [-0.05, 0) is 46.7 Å². The summed E-state index contributed by atoms with van der Waals surface area (Å²) in [5.41, 5.74) is 4.56. The molecule has 1 heteroatoms. The first kappa shape index (κ1) is 12.2. The van der Waals surface area contributed by atoms with Crippen molar-refractivity contribution in [2.24, 2.45) is 0 Å². The van der Waals surface area contributed by atoms with Crippen LogP contribution in [0.5, 0.6) is 0 Å². The third kappa shape index (κ3) is 1.99. The summed E-state index contributed by atoms with van der Waals surface area (Å²) in [7, 11) is 0. The van der Waals surface area contributed by atoms with E-state index in [0.29, 0.717) is 4.83 Å². The predicted octanol–water partition coefficient (Wildman–Crippen LogP) is 5.56. The molecule has 0 heterocycles. The quantitative estimate of drug-likeness (QED) is 0.648. The SMILES string of the molecule is CCCCC(Br)c1ccc2c3c(cccc13)CC2. The zero-order valence-corrected chi connectivity index (χ0v) is 12.5. The van der Waals surface area contributed by atoms with Gasteiger partial charge >= 0.3 is 0 Å². The lowest BCUT2D eigenvalue weighted by atomic mass is 9.96. The maximum Gasteiger partial charge on any atom is 0.0401 e. The van der Waals surface area contributed by atoms with Crippen molar-refractivity contribution >= 4 is 26.7 Å². The van der Waals surface area contributed by atoms with Crippen LogP contribution in [-0.4, -0.2) is 0 Å². The molecule has 0 N–H and O–H groups in total. The Balaban J connectivity index is 2.09. The van der Waals surface area contributed by atoms with E-state index in [2.05, 4.69) is 53.2 Å². The molecular weight excluding hydrogens is 284 g/mol. The zero-order valence-electron chi connectivity index (χ0n) is 10.9. The monoisotopic (exact) mass is 302 g/mol. The number of halogens is 1. The summed E-state index contributed by atoms with van der Waals surface area (Å²) in [5, 5.41) is 3.01. The summed E-state index contributed by atoms with van der Waals surface area (Å²) in [5.74, 6) is 0. The van der Waals surface area contributed by atoms with Gasteiger partial charge in [-0.25, -0.2) is 0 Å². The Hall–Kier alpha value is -0.820. The second-order valence-electron chi connectivity index (χ2n) is 5.26. The molecule has 0 fully saturated rings. The molecule has 2 aromatic rings. The van der Waals surface area contributed by atoms with Gasteiger partial charge in [-0.15, -0.1) is 0 Å². The number of aryl methyl sites for hydroxylation is 2. The van der Waals surface area contributed by atoms with Crippen molar-refractivity contribution < 1.29 is 0 Å². The minimum atomic E-state index is 0.502. The van der Waals surface area contributed by atoms with Gasteiger partial charge in [0.2, 0.25) is 0 Å². The molecule has 1 atom stereocenters. The molecule has 0 amide bonds. The first-order valence-electron chi connectivity index (χ1n) is 6.98. The molecule has 0 spiro atoms. The topological polar surface area (TPSA) is 0 Å². The van der Waals surface area contributed by atoms with Gasteiger partial charge in [0.15, 0.2) is 0 Å². The van der Waals surface area contributed by atoms with Crippen molar-refractivity contribution in [3.8, 4) is 0 Å². The Morgan fingerprint density at radius 1 is 1.11 bits per heavy atom. The van der Waals surface area contributed by atoms with E-state index in [1.54, 1.807) is 11.1 Å². The van der Waals surface area contributed by atoms with E-state index in [9.17, 15) is 0 Å². The Labute approximate surface area is 118 Å². The highest BCUT2D eigenvalue weighted by Crippen LogP contribution is 2.38. The Kier molecular flexibility index (Phi) is 3.43. The van der Waals surface area contributed by atoms with Crippen molar-refractivity contribution in [1.82, 2.24) is 0 Å². The molecule has 0 nitrogen and oxygen atoms in total. The lowest BCUT2D eigenvalue weighted by Gasteiger charge is -2.14. The van der Waals surface area contributed by atoms with Crippen LogP contribution < -0.4 is 0 Å². The van der Waals surface area contributed by atoms with Crippen LogP contribution in [0.25, 0.3) is 10.8 Å². The number of unbranched alkanes of at least 4 members (excludes halogenated alkanes) is 1. The maximum atomic E-state index is 3.88. The minimum absolute atomic E-state index is 0.502. The van der Waals surface area contributed by atoms with Crippen LogP contribution >= 0.6 is 15.9 Å². The molecule has 3 rings (SSSR count). The lowest BCUT2D eigenvalue weighted by Crippen LogP contribution is -1.93. The number of hydrogen-bond acceptors (Lipinski definition) is 0. The maximum absolute atomic E-state index is 3.88. The van der Waals surface area contributed by atoms with E-state index in [1.807, 2.05) is 0 Å². The average molecular weight is 303 g/mol. The van der Waals surface area contributed by atoms with Crippen LogP contribution in [0.4, 0.5) is 0 Å². The average Bonchev–Trinajstić information content (AvgIpc) is 2.82. The first-order chi connectivity index (χ1) is 8.81. The molecular formula is C17H19Br. The summed E-state index contributed by atoms with van der Waals surface area (Å²) in [6.07, 6.45) is 6.23. The lowest BCUT2D eigenvalue weighted by molar-refractivity contribution is 0.715. The second-order valence-corrected chi connectivity index (χ2v) is 6.37. The summed E-state index contributed by atoms with van der Waals surface area (Å²) in [6.45, 7) is 2.26. The molecule has 1 aliphatic carbocycles. The highest BCUT2D eigenvalue weighted by Gasteiger charge is 2.18. The Bertz CT molecular complexity index is 561. The van der Waals surface area contributed by atoms with E-state index >= 15 is 0 Å². The van der Waals surface area contributed by atoms with Gasteiger partial charge in [-0.1, -0.05) is 66.0 Å². The standard InChI is InChI=1S/C17H19Br/c1-2-3-7-16(18)14-11-10-13-9-8-12-5-4-6-15(14)17(12)13/h4-6,10-11,16H,2-3,7-9H2,1H3. The van der Waals surface area contributed by atoms with Crippen LogP contribution in [0.3, 0.4) is 0 Å². The minimum Gasteiger partial charge on any atom is -0.0839 e. The molecule has 1 unspecified atom stereocenters. The fraction of sp³-hybridized carbons (Fsp3) is 0.412. The molecule has 0 radical (unpaired) electrons. The predicted molar refractivity (Wildman–Crippen MR) is 82.5 cm³/mol. The number of benzene rings is 2. The van der Waals surface area contributed by atoms with Crippen LogP contribution in [0.15, 0.2) is 30.3 Å². The van der Waals surface area contributed by atoms with Crippen LogP contribution in [0, 0.1) is 0 Å². The molecule has 2 aromatic carbocycles. The molecule has 1 aliphatic rings. The third-order valence-electron chi connectivity index (χ3n) is 4.06. The fourth-order valence-electron chi connectivity index (χ4n) is 3.08. The second kappa shape index (κ2) is 5.05. The molecule has 0 saturated heterocycles. The van der Waals surface area contributed by atoms with Gasteiger partial charge in [-0.3, -0.25) is 0 Å². The highest BCUT2D eigenvalue weighted by atomic mass is 79.9. The summed E-state index contributed by atoms with van der Waals surface area (Å²) < 4.78 is 0. The largest absolute Gasteiger partial charge is 0.0839 e. The molecule has 0 aliphatic heterocycles. The van der Waals surface area contributed by atoms with Gasteiger partial charge in [0.25, 0.3) is 0 Å². The van der Waals surface area contributed by atoms with E-state index in [-0.39, 0.29) is 0 Å². The molecule has 0 bridgehead atoms. The van der Waals surface area contributed by atoms with Crippen molar-refractivity contribution in [2.75, 3.05) is 0 Å². The van der Waals surface area contributed by atoms with Gasteiger partial charge in [-0.2, -0.15) is 0 Å². The number of rotatable bonds is 4. The zero-order chi connectivity index (χ0) is 12.5. The molecule has 0 aromatic heterocycles. The van der Waals surface area contributed by atoms with Gasteiger partial charge in [0.05, 0.1) is 0 Å². The smallest absolute Gasteiger partial charge is 0.0401 e. The van der Waals surface area contributed by atoms with Crippen LogP contribution in [-0.2, 0) is 12.8 Å². The Morgan fingerprint density at radius 3 is 2.67 bits per heavy atom. The van der Waals surface area contributed by atoms with Crippen LogP contribution in [0.2, 0.25) is 0 Å². The molecule has 94 valence electrons. The fourth-order valence-corrected chi connectivity index (χ4v) is 3.80. The Morgan fingerprint density at radius 2 is 1.89 bits per heavy atom. The van der Waals surface area contributed by atoms with Gasteiger partial charge in [0.1, 0.15) is 0 Å². The van der Waals surface area contributed by atoms with Gasteiger partial charge < -0.3 is 0 Å². The van der Waals surface area contributed by atoms with E-state index in [4.69, 9.17) is 0 Å². The number of alkyl halides is 1. The van der Waals surface area contributed by atoms with Crippen molar-refractivity contribution in [3.05, 3.63) is 47.0 Å². The first-order valence-corrected chi connectivity index (χ1v) is 7.90. The van der Waals surface area contributed by atoms with Crippen molar-refractivity contribution in [1.29, 1.82) is 0 Å². The molecule has 18 heavy (non-hydrogen) atoms. The van der Waals surface area contributed by atoms with Gasteiger partial charge in [0, 0.05) is 4.83 Å². The van der Waals surface area contributed by atoms with E-state index in [1.165, 1.54) is 48.4 Å². The summed E-state index contributed by atoms with van der Waals surface area (Å²) >= 11 is 3.88. The van der Waals surface area contributed by atoms with E-state index < -0.39 is 0 Å².